The zero-order valence-corrected chi connectivity index (χ0v) is 14.6. The van der Waals surface area contributed by atoms with E-state index in [0.717, 1.165) is 36.0 Å². The minimum Gasteiger partial charge on any atom is -0.358 e. The summed E-state index contributed by atoms with van der Waals surface area (Å²) in [6.07, 6.45) is 7.29. The zero-order valence-electron chi connectivity index (χ0n) is 14.6. The van der Waals surface area contributed by atoms with Crippen molar-refractivity contribution in [3.05, 3.63) is 65.1 Å². The van der Waals surface area contributed by atoms with Crippen LogP contribution in [0.4, 0.5) is 0 Å². The number of hydrogen-bond acceptors (Lipinski definition) is 2. The Hall–Kier alpha value is -2.62. The van der Waals surface area contributed by atoms with Crippen molar-refractivity contribution in [3.8, 4) is 0 Å². The Morgan fingerprint density at radius 2 is 2.08 bits per heavy atom. The number of carbonyl (C=O) groups excluding carboxylic acids is 1. The van der Waals surface area contributed by atoms with Gasteiger partial charge in [-0.2, -0.15) is 0 Å². The van der Waals surface area contributed by atoms with Crippen molar-refractivity contribution in [2.24, 2.45) is 0 Å². The van der Waals surface area contributed by atoms with E-state index in [-0.39, 0.29) is 5.91 Å². The second-order valence-electron chi connectivity index (χ2n) is 6.85. The Morgan fingerprint density at radius 3 is 2.92 bits per heavy atom. The number of rotatable bonds is 4. The SMILES string of the molecule is CN(CCc1ccccn1)C(=O)c1ccc2[nH]c3c(c2c1)CCCC3. The lowest BCUT2D eigenvalue weighted by Gasteiger charge is -2.17. The molecule has 4 heteroatoms. The molecule has 2 heterocycles. The van der Waals surface area contributed by atoms with Crippen LogP contribution >= 0.6 is 0 Å². The Balaban J connectivity index is 1.53. The van der Waals surface area contributed by atoms with Crippen LogP contribution in [0.25, 0.3) is 10.9 Å². The highest BCUT2D eigenvalue weighted by molar-refractivity contribution is 5.99. The van der Waals surface area contributed by atoms with Crippen LogP contribution in [0, 0.1) is 0 Å². The normalized spacial score (nSPS) is 13.6. The fourth-order valence-electron chi connectivity index (χ4n) is 3.69. The van der Waals surface area contributed by atoms with Gasteiger partial charge in [-0.3, -0.25) is 9.78 Å². The van der Waals surface area contributed by atoms with Gasteiger partial charge in [-0.1, -0.05) is 6.07 Å². The monoisotopic (exact) mass is 333 g/mol. The van der Waals surface area contributed by atoms with Gasteiger partial charge >= 0.3 is 0 Å². The molecule has 2 aromatic heterocycles. The Labute approximate surface area is 147 Å². The summed E-state index contributed by atoms with van der Waals surface area (Å²) in [5.41, 5.74) is 5.70. The number of carbonyl (C=O) groups is 1. The van der Waals surface area contributed by atoms with Gasteiger partial charge in [0.2, 0.25) is 0 Å². The first kappa shape index (κ1) is 15.9. The van der Waals surface area contributed by atoms with Gasteiger partial charge in [0, 0.05) is 54.1 Å². The van der Waals surface area contributed by atoms with Gasteiger partial charge in [-0.25, -0.2) is 0 Å². The van der Waals surface area contributed by atoms with Crippen LogP contribution in [-0.4, -0.2) is 34.4 Å². The van der Waals surface area contributed by atoms with Crippen molar-refractivity contribution in [2.45, 2.75) is 32.1 Å². The zero-order chi connectivity index (χ0) is 17.2. The van der Waals surface area contributed by atoms with Gasteiger partial charge in [-0.05, 0) is 61.6 Å². The van der Waals surface area contributed by atoms with Gasteiger partial charge in [-0.15, -0.1) is 0 Å². The molecule has 0 saturated carbocycles. The number of pyridine rings is 1. The smallest absolute Gasteiger partial charge is 0.253 e. The standard InChI is InChI=1S/C21H23N3O/c1-24(13-11-16-6-4-5-12-22-16)21(25)15-9-10-20-18(14-15)17-7-2-3-8-19(17)23-20/h4-6,9-10,12,14,23H,2-3,7-8,11,13H2,1H3. The van der Waals surface area contributed by atoms with Gasteiger partial charge in [0.05, 0.1) is 0 Å². The average Bonchev–Trinajstić information content (AvgIpc) is 3.04. The van der Waals surface area contributed by atoms with E-state index >= 15 is 0 Å². The number of H-pyrrole nitrogens is 1. The summed E-state index contributed by atoms with van der Waals surface area (Å²) in [5.74, 6) is 0.0728. The first-order valence-electron chi connectivity index (χ1n) is 9.01. The number of likely N-dealkylation sites (N-methyl/N-ethyl adjacent to an activating group) is 1. The molecule has 4 nitrogen and oxygen atoms in total. The molecule has 1 amide bonds. The second kappa shape index (κ2) is 6.71. The van der Waals surface area contributed by atoms with E-state index in [1.54, 1.807) is 11.1 Å². The largest absolute Gasteiger partial charge is 0.358 e. The van der Waals surface area contributed by atoms with Crippen LogP contribution in [0.2, 0.25) is 0 Å². The lowest BCUT2D eigenvalue weighted by atomic mass is 9.95. The number of fused-ring (bicyclic) bond motifs is 3. The van der Waals surface area contributed by atoms with Gasteiger partial charge in [0.15, 0.2) is 0 Å². The van der Waals surface area contributed by atoms with Gasteiger partial charge in [0.1, 0.15) is 0 Å². The van der Waals surface area contributed by atoms with Gasteiger partial charge in [0.25, 0.3) is 5.91 Å². The van der Waals surface area contributed by atoms with E-state index < -0.39 is 0 Å². The van der Waals surface area contributed by atoms with Crippen molar-refractivity contribution in [1.29, 1.82) is 0 Å². The molecule has 0 saturated heterocycles. The fraction of sp³-hybridized carbons (Fsp3) is 0.333. The third-order valence-corrected chi connectivity index (χ3v) is 5.12. The van der Waals surface area contributed by atoms with E-state index in [9.17, 15) is 4.79 Å². The molecule has 0 aliphatic heterocycles. The van der Waals surface area contributed by atoms with E-state index in [0.29, 0.717) is 6.54 Å². The van der Waals surface area contributed by atoms with E-state index in [1.165, 1.54) is 29.5 Å². The van der Waals surface area contributed by atoms with Crippen LogP contribution < -0.4 is 0 Å². The van der Waals surface area contributed by atoms with Crippen molar-refractivity contribution >= 4 is 16.8 Å². The number of aryl methyl sites for hydroxylation is 2. The fourth-order valence-corrected chi connectivity index (χ4v) is 3.69. The molecule has 1 aliphatic carbocycles. The summed E-state index contributed by atoms with van der Waals surface area (Å²) in [4.78, 5) is 22.4. The van der Waals surface area contributed by atoms with Crippen LogP contribution in [0.1, 0.15) is 40.2 Å². The first-order valence-corrected chi connectivity index (χ1v) is 9.01. The molecule has 128 valence electrons. The van der Waals surface area contributed by atoms with E-state index in [2.05, 4.69) is 16.0 Å². The molecular formula is C21H23N3O. The molecule has 0 fully saturated rings. The van der Waals surface area contributed by atoms with Crippen molar-refractivity contribution in [3.63, 3.8) is 0 Å². The van der Waals surface area contributed by atoms with Gasteiger partial charge < -0.3 is 9.88 Å². The predicted octanol–water partition coefficient (Wildman–Crippen LogP) is 3.76. The lowest BCUT2D eigenvalue weighted by Crippen LogP contribution is -2.29. The maximum absolute atomic E-state index is 12.8. The molecule has 0 unspecified atom stereocenters. The summed E-state index contributed by atoms with van der Waals surface area (Å²) in [5, 5.41) is 1.22. The van der Waals surface area contributed by atoms with E-state index in [4.69, 9.17) is 0 Å². The number of nitrogens with zero attached hydrogens (tertiary/aromatic N) is 2. The molecule has 3 aromatic rings. The third kappa shape index (κ3) is 3.16. The van der Waals surface area contributed by atoms with Crippen LogP contribution in [0.3, 0.4) is 0 Å². The summed E-state index contributed by atoms with van der Waals surface area (Å²) in [6, 6.07) is 11.9. The van der Waals surface area contributed by atoms with Crippen molar-refractivity contribution in [2.75, 3.05) is 13.6 Å². The molecular weight excluding hydrogens is 310 g/mol. The molecule has 25 heavy (non-hydrogen) atoms. The highest BCUT2D eigenvalue weighted by atomic mass is 16.2. The maximum Gasteiger partial charge on any atom is 0.253 e. The molecule has 1 aliphatic rings. The Morgan fingerprint density at radius 1 is 1.20 bits per heavy atom. The van der Waals surface area contributed by atoms with Crippen molar-refractivity contribution in [1.82, 2.24) is 14.9 Å². The summed E-state index contributed by atoms with van der Waals surface area (Å²) >= 11 is 0. The lowest BCUT2D eigenvalue weighted by molar-refractivity contribution is 0.0796. The summed E-state index contributed by atoms with van der Waals surface area (Å²) in [7, 11) is 1.86. The van der Waals surface area contributed by atoms with Crippen molar-refractivity contribution < 1.29 is 4.79 Å². The molecule has 0 radical (unpaired) electrons. The minimum absolute atomic E-state index is 0.0728. The Kier molecular flexibility index (Phi) is 4.26. The number of aromatic amines is 1. The molecule has 0 atom stereocenters. The number of amides is 1. The maximum atomic E-state index is 12.8. The number of hydrogen-bond donors (Lipinski definition) is 1. The topological polar surface area (TPSA) is 49.0 Å². The summed E-state index contributed by atoms with van der Waals surface area (Å²) in [6.45, 7) is 0.666. The van der Waals surface area contributed by atoms with Crippen LogP contribution in [-0.2, 0) is 19.3 Å². The minimum atomic E-state index is 0.0728. The Bertz CT molecular complexity index is 898. The molecule has 0 spiro atoms. The first-order chi connectivity index (χ1) is 12.2. The highest BCUT2D eigenvalue weighted by Gasteiger charge is 2.18. The average molecular weight is 333 g/mol. The van der Waals surface area contributed by atoms with Crippen LogP contribution in [0.5, 0.6) is 0 Å². The third-order valence-electron chi connectivity index (χ3n) is 5.12. The second-order valence-corrected chi connectivity index (χ2v) is 6.85. The molecule has 1 aromatic carbocycles. The van der Waals surface area contributed by atoms with E-state index in [1.807, 2.05) is 37.4 Å². The number of aromatic nitrogens is 2. The molecule has 1 N–H and O–H groups in total. The predicted molar refractivity (Wildman–Crippen MR) is 99.8 cm³/mol. The molecule has 4 rings (SSSR count). The number of benzene rings is 1. The quantitative estimate of drug-likeness (QED) is 0.790. The summed E-state index contributed by atoms with van der Waals surface area (Å²) < 4.78 is 0. The highest BCUT2D eigenvalue weighted by Crippen LogP contribution is 2.29. The number of nitrogens with one attached hydrogen (secondary N) is 1. The van der Waals surface area contributed by atoms with Crippen LogP contribution in [0.15, 0.2) is 42.6 Å². The molecule has 0 bridgehead atoms.